The third-order valence-corrected chi connectivity index (χ3v) is 7.38. The molecule has 7 nitrogen and oxygen atoms in total. The molecule has 2 amide bonds. The Labute approximate surface area is 168 Å². The lowest BCUT2D eigenvalue weighted by atomic mass is 9.93. The van der Waals surface area contributed by atoms with E-state index in [0.717, 1.165) is 19.4 Å². The van der Waals surface area contributed by atoms with Gasteiger partial charge in [0.2, 0.25) is 11.8 Å². The van der Waals surface area contributed by atoms with E-state index in [0.29, 0.717) is 45.3 Å². The van der Waals surface area contributed by atoms with E-state index in [9.17, 15) is 9.59 Å². The Hall–Kier alpha value is -1.18. The number of nitrogens with zero attached hydrogens (tertiary/aromatic N) is 3. The number of likely N-dealkylation sites (N-methyl/N-ethyl adjacent to an activating group) is 1. The molecule has 0 unspecified atom stereocenters. The molecule has 0 aromatic heterocycles. The first-order chi connectivity index (χ1) is 13.6. The zero-order valence-electron chi connectivity index (χ0n) is 17.3. The van der Waals surface area contributed by atoms with Crippen molar-refractivity contribution in [3.63, 3.8) is 0 Å². The molecule has 0 spiro atoms. The minimum atomic E-state index is -0.0203. The van der Waals surface area contributed by atoms with Crippen LogP contribution in [0, 0.1) is 0 Å². The summed E-state index contributed by atoms with van der Waals surface area (Å²) in [6.45, 7) is 4.38. The van der Waals surface area contributed by atoms with Crippen molar-refractivity contribution in [1.29, 1.82) is 0 Å². The largest absolute Gasteiger partial charge is 0.378 e. The quantitative estimate of drug-likeness (QED) is 0.768. The molecule has 3 aliphatic heterocycles. The van der Waals surface area contributed by atoms with Gasteiger partial charge in [-0.1, -0.05) is 19.3 Å². The van der Waals surface area contributed by atoms with Crippen LogP contribution < -0.4 is 5.32 Å². The van der Waals surface area contributed by atoms with Gasteiger partial charge in [0.25, 0.3) is 0 Å². The highest BCUT2D eigenvalue weighted by molar-refractivity contribution is 5.83. The predicted molar refractivity (Wildman–Crippen MR) is 107 cm³/mol. The number of carbonyl (C=O) groups is 2. The molecule has 4 aliphatic rings. The summed E-state index contributed by atoms with van der Waals surface area (Å²) in [6, 6.07) is 1.05. The molecule has 3 heterocycles. The van der Waals surface area contributed by atoms with Gasteiger partial charge in [0.15, 0.2) is 0 Å². The Morgan fingerprint density at radius 2 is 1.86 bits per heavy atom. The summed E-state index contributed by atoms with van der Waals surface area (Å²) in [4.78, 5) is 32.3. The molecule has 0 radical (unpaired) electrons. The highest BCUT2D eigenvalue weighted by Crippen LogP contribution is 2.33. The first-order valence-electron chi connectivity index (χ1n) is 11.3. The Kier molecular flexibility index (Phi) is 6.53. The minimum Gasteiger partial charge on any atom is -0.378 e. The van der Waals surface area contributed by atoms with Crippen molar-refractivity contribution in [2.45, 2.75) is 75.5 Å². The number of likely N-dealkylation sites (tertiary alicyclic amines) is 1. The molecule has 1 aliphatic carbocycles. The van der Waals surface area contributed by atoms with Crippen molar-refractivity contribution >= 4 is 11.8 Å². The van der Waals surface area contributed by atoms with Crippen LogP contribution in [-0.2, 0) is 14.3 Å². The SMILES string of the molecule is CN1[C@@H](CCC(=O)N2CCOCC2)CNC(=O)[C@@H]2[C@H]1CCN2C1CCCCC1. The van der Waals surface area contributed by atoms with Crippen LogP contribution in [0.2, 0.25) is 0 Å². The second kappa shape index (κ2) is 9.09. The highest BCUT2D eigenvalue weighted by Gasteiger charge is 2.47. The average molecular weight is 393 g/mol. The van der Waals surface area contributed by atoms with E-state index < -0.39 is 0 Å². The molecule has 158 valence electrons. The van der Waals surface area contributed by atoms with E-state index in [-0.39, 0.29) is 29.9 Å². The summed E-state index contributed by atoms with van der Waals surface area (Å²) in [6.07, 6.45) is 8.80. The van der Waals surface area contributed by atoms with Crippen LogP contribution in [0.15, 0.2) is 0 Å². The zero-order valence-corrected chi connectivity index (χ0v) is 17.3. The average Bonchev–Trinajstić information content (AvgIpc) is 3.15. The maximum atomic E-state index is 13.0. The fourth-order valence-electron chi connectivity index (χ4n) is 5.68. The number of morpholine rings is 1. The summed E-state index contributed by atoms with van der Waals surface area (Å²) >= 11 is 0. The van der Waals surface area contributed by atoms with Gasteiger partial charge in [-0.15, -0.1) is 0 Å². The summed E-state index contributed by atoms with van der Waals surface area (Å²) in [7, 11) is 2.16. The standard InChI is InChI=1S/C21H36N4O3/c1-23-17(7-8-19(26)24-11-13-28-14-12-24)15-22-21(27)20-18(23)9-10-25(20)16-5-3-2-4-6-16/h16-18,20H,2-15H2,1H3,(H,22,27)/t17-,18+,20-/m0/s1. The molecule has 1 saturated carbocycles. The topological polar surface area (TPSA) is 65.1 Å². The lowest BCUT2D eigenvalue weighted by Gasteiger charge is -2.37. The molecule has 4 fully saturated rings. The van der Waals surface area contributed by atoms with Crippen LogP contribution in [0.25, 0.3) is 0 Å². The van der Waals surface area contributed by atoms with E-state index in [1.165, 1.54) is 32.1 Å². The number of hydrogen-bond donors (Lipinski definition) is 1. The van der Waals surface area contributed by atoms with Crippen LogP contribution in [0.4, 0.5) is 0 Å². The number of nitrogens with one attached hydrogen (secondary N) is 1. The molecule has 0 aromatic rings. The van der Waals surface area contributed by atoms with E-state index in [1.807, 2.05) is 4.90 Å². The smallest absolute Gasteiger partial charge is 0.239 e. The first-order valence-corrected chi connectivity index (χ1v) is 11.3. The maximum Gasteiger partial charge on any atom is 0.239 e. The fraction of sp³-hybridized carbons (Fsp3) is 0.905. The maximum absolute atomic E-state index is 13.0. The third kappa shape index (κ3) is 4.21. The van der Waals surface area contributed by atoms with Crippen molar-refractivity contribution in [1.82, 2.24) is 20.0 Å². The van der Waals surface area contributed by atoms with E-state index in [2.05, 4.69) is 22.2 Å². The summed E-state index contributed by atoms with van der Waals surface area (Å²) in [5.74, 6) is 0.418. The zero-order chi connectivity index (χ0) is 19.5. The van der Waals surface area contributed by atoms with E-state index in [4.69, 9.17) is 4.74 Å². The number of rotatable bonds is 4. The van der Waals surface area contributed by atoms with Crippen molar-refractivity contribution in [3.05, 3.63) is 0 Å². The van der Waals surface area contributed by atoms with Gasteiger partial charge in [-0.3, -0.25) is 19.4 Å². The minimum absolute atomic E-state index is 0.0203. The molecule has 3 atom stereocenters. The number of carbonyl (C=O) groups excluding carboxylic acids is 2. The predicted octanol–water partition coefficient (Wildman–Crippen LogP) is 0.831. The van der Waals surface area contributed by atoms with E-state index in [1.54, 1.807) is 0 Å². The molecule has 4 rings (SSSR count). The molecule has 7 heteroatoms. The Morgan fingerprint density at radius 3 is 2.61 bits per heavy atom. The molecule has 0 bridgehead atoms. The van der Waals surface area contributed by atoms with Crippen molar-refractivity contribution in [2.24, 2.45) is 0 Å². The Bertz CT molecular complexity index is 560. The number of amides is 2. The second-order valence-electron chi connectivity index (χ2n) is 8.93. The van der Waals surface area contributed by atoms with Gasteiger partial charge in [0, 0.05) is 50.7 Å². The van der Waals surface area contributed by atoms with Gasteiger partial charge >= 0.3 is 0 Å². The van der Waals surface area contributed by atoms with Crippen LogP contribution in [-0.4, -0.2) is 97.1 Å². The Morgan fingerprint density at radius 1 is 1.11 bits per heavy atom. The highest BCUT2D eigenvalue weighted by atomic mass is 16.5. The normalized spacial score (nSPS) is 33.4. The number of fused-ring (bicyclic) bond motifs is 1. The lowest BCUT2D eigenvalue weighted by molar-refractivity contribution is -0.135. The van der Waals surface area contributed by atoms with Crippen LogP contribution in [0.5, 0.6) is 0 Å². The second-order valence-corrected chi connectivity index (χ2v) is 8.93. The van der Waals surface area contributed by atoms with Crippen LogP contribution >= 0.6 is 0 Å². The monoisotopic (exact) mass is 392 g/mol. The summed E-state index contributed by atoms with van der Waals surface area (Å²) in [5.41, 5.74) is 0. The van der Waals surface area contributed by atoms with Gasteiger partial charge in [0.1, 0.15) is 6.04 Å². The molecular formula is C21H36N4O3. The molecular weight excluding hydrogens is 356 g/mol. The van der Waals surface area contributed by atoms with Gasteiger partial charge in [-0.25, -0.2) is 0 Å². The fourth-order valence-corrected chi connectivity index (χ4v) is 5.68. The van der Waals surface area contributed by atoms with Gasteiger partial charge in [-0.2, -0.15) is 0 Å². The lowest BCUT2D eigenvalue weighted by Crippen LogP contribution is -2.53. The van der Waals surface area contributed by atoms with Crippen molar-refractivity contribution < 1.29 is 14.3 Å². The molecule has 0 aromatic carbocycles. The molecule has 28 heavy (non-hydrogen) atoms. The summed E-state index contributed by atoms with van der Waals surface area (Å²) in [5, 5.41) is 3.20. The van der Waals surface area contributed by atoms with Gasteiger partial charge in [-0.05, 0) is 32.7 Å². The Balaban J connectivity index is 1.37. The number of hydrogen-bond acceptors (Lipinski definition) is 5. The van der Waals surface area contributed by atoms with Gasteiger partial charge in [0.05, 0.1) is 13.2 Å². The molecule has 1 N–H and O–H groups in total. The van der Waals surface area contributed by atoms with Crippen molar-refractivity contribution in [3.8, 4) is 0 Å². The van der Waals surface area contributed by atoms with Crippen LogP contribution in [0.1, 0.15) is 51.4 Å². The van der Waals surface area contributed by atoms with E-state index >= 15 is 0 Å². The summed E-state index contributed by atoms with van der Waals surface area (Å²) < 4.78 is 5.34. The molecule has 3 saturated heterocycles. The number of ether oxygens (including phenoxy) is 1. The first kappa shape index (κ1) is 20.1. The van der Waals surface area contributed by atoms with Crippen LogP contribution in [0.3, 0.4) is 0 Å². The van der Waals surface area contributed by atoms with Crippen molar-refractivity contribution in [2.75, 3.05) is 46.4 Å². The third-order valence-electron chi connectivity index (χ3n) is 7.38. The van der Waals surface area contributed by atoms with Gasteiger partial charge < -0.3 is 15.0 Å².